The number of hydrogen-bond donors (Lipinski definition) is 0. The number of hydrogen-bond acceptors (Lipinski definition) is 1. The molecule has 0 N–H and O–H groups in total. The minimum absolute atomic E-state index is 0.208. The molecule has 2 heteroatoms. The minimum atomic E-state index is 0.208. The van der Waals surface area contributed by atoms with Gasteiger partial charge in [-0.3, -0.25) is 4.79 Å². The first kappa shape index (κ1) is 7.32. The standard InChI is InChI=1S/C8H13NO/c1-6(2)7-4-5-9(3)8(7)10/h4-5H2,1-3H3. The Bertz CT molecular complexity index is 189. The van der Waals surface area contributed by atoms with E-state index < -0.39 is 0 Å². The van der Waals surface area contributed by atoms with Gasteiger partial charge >= 0.3 is 0 Å². The Labute approximate surface area is 61.5 Å². The molecule has 1 heterocycles. The summed E-state index contributed by atoms with van der Waals surface area (Å²) in [5.74, 6) is 0.208. The maximum Gasteiger partial charge on any atom is 0.249 e. The second-order valence-electron chi connectivity index (χ2n) is 2.96. The van der Waals surface area contributed by atoms with Crippen molar-refractivity contribution in [3.8, 4) is 0 Å². The highest BCUT2D eigenvalue weighted by Crippen LogP contribution is 2.18. The van der Waals surface area contributed by atoms with E-state index in [1.807, 2.05) is 20.9 Å². The number of nitrogens with zero attached hydrogens (tertiary/aromatic N) is 1. The highest BCUT2D eigenvalue weighted by atomic mass is 16.2. The molecule has 1 saturated heterocycles. The van der Waals surface area contributed by atoms with Gasteiger partial charge in [0.25, 0.3) is 0 Å². The average Bonchev–Trinajstić information content (AvgIpc) is 2.14. The third-order valence-electron chi connectivity index (χ3n) is 1.91. The van der Waals surface area contributed by atoms with Crippen molar-refractivity contribution in [3.63, 3.8) is 0 Å². The van der Waals surface area contributed by atoms with Crippen LogP contribution in [0.5, 0.6) is 0 Å². The van der Waals surface area contributed by atoms with Crippen LogP contribution < -0.4 is 0 Å². The fourth-order valence-corrected chi connectivity index (χ4v) is 1.18. The van der Waals surface area contributed by atoms with E-state index in [1.54, 1.807) is 4.90 Å². The van der Waals surface area contributed by atoms with Gasteiger partial charge in [-0.1, -0.05) is 5.57 Å². The van der Waals surface area contributed by atoms with E-state index >= 15 is 0 Å². The number of likely N-dealkylation sites (N-methyl/N-ethyl adjacent to an activating group) is 1. The van der Waals surface area contributed by atoms with Gasteiger partial charge in [-0.2, -0.15) is 0 Å². The van der Waals surface area contributed by atoms with Gasteiger partial charge in [0.1, 0.15) is 0 Å². The Morgan fingerprint density at radius 2 is 2.10 bits per heavy atom. The molecular formula is C8H13NO. The van der Waals surface area contributed by atoms with E-state index in [2.05, 4.69) is 0 Å². The molecule has 0 bridgehead atoms. The monoisotopic (exact) mass is 139 g/mol. The highest BCUT2D eigenvalue weighted by Gasteiger charge is 2.22. The van der Waals surface area contributed by atoms with Crippen LogP contribution in [0.3, 0.4) is 0 Å². The molecule has 0 aliphatic carbocycles. The Morgan fingerprint density at radius 1 is 1.50 bits per heavy atom. The first-order valence-corrected chi connectivity index (χ1v) is 3.54. The molecule has 1 rings (SSSR count). The minimum Gasteiger partial charge on any atom is -0.342 e. The second-order valence-corrected chi connectivity index (χ2v) is 2.96. The molecule has 0 aromatic heterocycles. The predicted molar refractivity (Wildman–Crippen MR) is 40.6 cm³/mol. The van der Waals surface area contributed by atoms with Crippen molar-refractivity contribution in [2.24, 2.45) is 0 Å². The topological polar surface area (TPSA) is 20.3 Å². The molecule has 0 radical (unpaired) electrons. The lowest BCUT2D eigenvalue weighted by molar-refractivity contribution is -0.123. The first-order valence-electron chi connectivity index (χ1n) is 3.54. The summed E-state index contributed by atoms with van der Waals surface area (Å²) in [6.45, 7) is 4.87. The third-order valence-corrected chi connectivity index (χ3v) is 1.91. The van der Waals surface area contributed by atoms with Gasteiger partial charge in [0.05, 0.1) is 0 Å². The van der Waals surface area contributed by atoms with E-state index in [1.165, 1.54) is 0 Å². The number of carbonyl (C=O) groups is 1. The van der Waals surface area contributed by atoms with Crippen molar-refractivity contribution in [3.05, 3.63) is 11.1 Å². The maximum absolute atomic E-state index is 11.2. The Morgan fingerprint density at radius 3 is 2.30 bits per heavy atom. The van der Waals surface area contributed by atoms with Crippen LogP contribution in [-0.2, 0) is 4.79 Å². The van der Waals surface area contributed by atoms with Crippen molar-refractivity contribution < 1.29 is 4.79 Å². The van der Waals surface area contributed by atoms with Gasteiger partial charge in [0.15, 0.2) is 0 Å². The number of amides is 1. The summed E-state index contributed by atoms with van der Waals surface area (Å²) >= 11 is 0. The molecule has 1 fully saturated rings. The molecule has 2 nitrogen and oxygen atoms in total. The van der Waals surface area contributed by atoms with E-state index in [0.717, 1.165) is 24.1 Å². The molecule has 0 aromatic rings. The molecule has 0 saturated carbocycles. The predicted octanol–water partition coefficient (Wildman–Crippen LogP) is 1.18. The Balaban J connectivity index is 2.86. The third kappa shape index (κ3) is 1.06. The van der Waals surface area contributed by atoms with Gasteiger partial charge in [-0.25, -0.2) is 0 Å². The lowest BCUT2D eigenvalue weighted by Crippen LogP contribution is -2.19. The summed E-state index contributed by atoms with van der Waals surface area (Å²) in [5.41, 5.74) is 2.16. The molecule has 1 aliphatic heterocycles. The lowest BCUT2D eigenvalue weighted by Gasteiger charge is -2.04. The van der Waals surface area contributed by atoms with E-state index in [0.29, 0.717) is 0 Å². The normalized spacial score (nSPS) is 18.5. The molecule has 1 amide bonds. The average molecular weight is 139 g/mol. The van der Waals surface area contributed by atoms with Crippen molar-refractivity contribution >= 4 is 5.91 Å². The van der Waals surface area contributed by atoms with E-state index in [9.17, 15) is 4.79 Å². The van der Waals surface area contributed by atoms with Crippen LogP contribution >= 0.6 is 0 Å². The molecule has 1 aliphatic rings. The van der Waals surface area contributed by atoms with Gasteiger partial charge in [-0.05, 0) is 20.3 Å². The molecule has 56 valence electrons. The van der Waals surface area contributed by atoms with Crippen molar-refractivity contribution in [1.82, 2.24) is 4.90 Å². The van der Waals surface area contributed by atoms with Crippen molar-refractivity contribution in [1.29, 1.82) is 0 Å². The van der Waals surface area contributed by atoms with Gasteiger partial charge in [-0.15, -0.1) is 0 Å². The highest BCUT2D eigenvalue weighted by molar-refractivity contribution is 5.95. The van der Waals surface area contributed by atoms with Crippen LogP contribution in [0.2, 0.25) is 0 Å². The largest absolute Gasteiger partial charge is 0.342 e. The zero-order chi connectivity index (χ0) is 7.72. The number of carbonyl (C=O) groups excluding carboxylic acids is 1. The van der Waals surface area contributed by atoms with Crippen LogP contribution in [0.15, 0.2) is 11.1 Å². The Kier molecular flexibility index (Phi) is 1.79. The summed E-state index contributed by atoms with van der Waals surface area (Å²) in [4.78, 5) is 13.0. The second kappa shape index (κ2) is 2.45. The molecule has 10 heavy (non-hydrogen) atoms. The van der Waals surface area contributed by atoms with Crippen LogP contribution in [0.25, 0.3) is 0 Å². The fourth-order valence-electron chi connectivity index (χ4n) is 1.18. The zero-order valence-electron chi connectivity index (χ0n) is 6.77. The van der Waals surface area contributed by atoms with Crippen LogP contribution in [0, 0.1) is 0 Å². The zero-order valence-corrected chi connectivity index (χ0v) is 6.77. The number of rotatable bonds is 0. The van der Waals surface area contributed by atoms with Crippen LogP contribution in [0.4, 0.5) is 0 Å². The maximum atomic E-state index is 11.2. The molecular weight excluding hydrogens is 126 g/mol. The summed E-state index contributed by atoms with van der Waals surface area (Å²) in [5, 5.41) is 0. The Hall–Kier alpha value is -0.790. The summed E-state index contributed by atoms with van der Waals surface area (Å²) in [6, 6.07) is 0. The smallest absolute Gasteiger partial charge is 0.249 e. The van der Waals surface area contributed by atoms with Crippen molar-refractivity contribution in [2.75, 3.05) is 13.6 Å². The fraction of sp³-hybridized carbons (Fsp3) is 0.625. The van der Waals surface area contributed by atoms with Gasteiger partial charge in [0.2, 0.25) is 5.91 Å². The molecule has 0 spiro atoms. The van der Waals surface area contributed by atoms with Crippen molar-refractivity contribution in [2.45, 2.75) is 20.3 Å². The summed E-state index contributed by atoms with van der Waals surface area (Å²) in [7, 11) is 1.85. The first-order chi connectivity index (χ1) is 4.63. The molecule has 0 atom stereocenters. The molecule has 0 aromatic carbocycles. The molecule has 0 unspecified atom stereocenters. The summed E-state index contributed by atoms with van der Waals surface area (Å²) in [6.07, 6.45) is 0.928. The lowest BCUT2D eigenvalue weighted by atomic mass is 10.1. The van der Waals surface area contributed by atoms with Crippen LogP contribution in [-0.4, -0.2) is 24.4 Å². The van der Waals surface area contributed by atoms with Gasteiger partial charge in [0, 0.05) is 19.2 Å². The quantitative estimate of drug-likeness (QED) is 0.461. The van der Waals surface area contributed by atoms with E-state index in [-0.39, 0.29) is 5.91 Å². The summed E-state index contributed by atoms with van der Waals surface area (Å²) < 4.78 is 0. The van der Waals surface area contributed by atoms with E-state index in [4.69, 9.17) is 0 Å². The van der Waals surface area contributed by atoms with Crippen LogP contribution in [0.1, 0.15) is 20.3 Å². The van der Waals surface area contributed by atoms with Gasteiger partial charge < -0.3 is 4.90 Å². The number of allylic oxidation sites excluding steroid dienone is 1. The number of likely N-dealkylation sites (tertiary alicyclic amines) is 1. The SMILES string of the molecule is CC(C)=C1CCN(C)C1=O.